The summed E-state index contributed by atoms with van der Waals surface area (Å²) in [6.07, 6.45) is -1.52. The molecule has 2 amide bonds. The van der Waals surface area contributed by atoms with E-state index in [4.69, 9.17) is 4.74 Å². The van der Waals surface area contributed by atoms with Gasteiger partial charge in [-0.25, -0.2) is 26.9 Å². The summed E-state index contributed by atoms with van der Waals surface area (Å²) in [4.78, 5) is 31.8. The van der Waals surface area contributed by atoms with E-state index in [-0.39, 0.29) is 56.8 Å². The zero-order valence-electron chi connectivity index (χ0n) is 24.6. The second kappa shape index (κ2) is 11.2. The van der Waals surface area contributed by atoms with Gasteiger partial charge in [-0.15, -0.1) is 0 Å². The van der Waals surface area contributed by atoms with Gasteiger partial charge in [0.25, 0.3) is 11.8 Å². The molecule has 0 saturated heterocycles. The SMILES string of the molecule is CCS(=O)(=O)c1ccc(-c2nn3c(c2C(=O)NC2N=C(c4ccccc4)c4cccc(F)c4NC2=O)OCC(C)(C)C3)c(F)c1. The molecule has 0 radical (unpaired) electrons. The van der Waals surface area contributed by atoms with Crippen LogP contribution in [0.15, 0.2) is 76.6 Å². The Balaban J connectivity index is 1.45. The third-order valence-corrected chi connectivity index (χ3v) is 9.32. The van der Waals surface area contributed by atoms with Crippen LogP contribution in [0.3, 0.4) is 0 Å². The van der Waals surface area contributed by atoms with Gasteiger partial charge in [-0.3, -0.25) is 9.59 Å². The topological polar surface area (TPSA) is 132 Å². The first-order valence-corrected chi connectivity index (χ1v) is 15.8. The molecule has 3 heterocycles. The molecule has 0 saturated carbocycles. The molecule has 6 rings (SSSR count). The molecule has 2 aliphatic heterocycles. The van der Waals surface area contributed by atoms with Gasteiger partial charge < -0.3 is 15.4 Å². The standard InChI is InChI=1S/C32H29F2N5O5S/c1-4-45(42,43)19-13-14-20(23(34)15-19)27-24(31-39(38-27)16-32(2,3)17-44-31)29(40)37-28-30(41)36-26-21(11-8-12-22(26)33)25(35-28)18-9-6-5-7-10-18/h5-15,28H,4,16-17H2,1-3H3,(H,36,41)(H,37,40). The lowest BCUT2D eigenvalue weighted by atomic mass is 9.94. The Morgan fingerprint density at radius 3 is 2.53 bits per heavy atom. The number of aromatic nitrogens is 2. The number of nitrogens with zero attached hydrogens (tertiary/aromatic N) is 3. The maximum Gasteiger partial charge on any atom is 0.269 e. The Labute approximate surface area is 258 Å². The van der Waals surface area contributed by atoms with E-state index in [1.165, 1.54) is 35.9 Å². The quantitative estimate of drug-likeness (QED) is 0.320. The van der Waals surface area contributed by atoms with Crippen molar-refractivity contribution in [1.82, 2.24) is 15.1 Å². The van der Waals surface area contributed by atoms with E-state index >= 15 is 4.39 Å². The van der Waals surface area contributed by atoms with Crippen LogP contribution in [-0.4, -0.2) is 54.2 Å². The minimum absolute atomic E-state index is 0.0575. The number of hydrogen-bond acceptors (Lipinski definition) is 7. The molecule has 0 aliphatic carbocycles. The van der Waals surface area contributed by atoms with Gasteiger partial charge in [-0.05, 0) is 24.3 Å². The molecule has 3 aromatic carbocycles. The molecule has 0 fully saturated rings. The molecule has 45 heavy (non-hydrogen) atoms. The minimum Gasteiger partial charge on any atom is -0.477 e. The van der Waals surface area contributed by atoms with Gasteiger partial charge in [0.05, 0.1) is 35.2 Å². The molecule has 13 heteroatoms. The van der Waals surface area contributed by atoms with Gasteiger partial charge >= 0.3 is 0 Å². The van der Waals surface area contributed by atoms with Crippen LogP contribution in [0, 0.1) is 17.0 Å². The van der Waals surface area contributed by atoms with E-state index < -0.39 is 39.5 Å². The second-order valence-corrected chi connectivity index (χ2v) is 13.8. The predicted molar refractivity (Wildman–Crippen MR) is 163 cm³/mol. The number of carbonyl (C=O) groups is 2. The number of hydrogen-bond donors (Lipinski definition) is 2. The number of benzodiazepines with no additional fused rings is 1. The van der Waals surface area contributed by atoms with Gasteiger partial charge in [0.1, 0.15) is 22.9 Å². The van der Waals surface area contributed by atoms with Crippen molar-refractivity contribution in [3.8, 4) is 17.1 Å². The Morgan fingerprint density at radius 2 is 1.82 bits per heavy atom. The number of para-hydroxylation sites is 1. The second-order valence-electron chi connectivity index (χ2n) is 11.6. The molecule has 232 valence electrons. The number of sulfone groups is 1. The van der Waals surface area contributed by atoms with Crippen LogP contribution in [0.4, 0.5) is 14.5 Å². The van der Waals surface area contributed by atoms with E-state index in [0.717, 1.165) is 6.07 Å². The Hall–Kier alpha value is -4.91. The summed E-state index contributed by atoms with van der Waals surface area (Å²) in [7, 11) is -3.70. The van der Waals surface area contributed by atoms with Gasteiger partial charge in [0.2, 0.25) is 12.0 Å². The van der Waals surface area contributed by atoms with Crippen molar-refractivity contribution in [1.29, 1.82) is 0 Å². The molecule has 2 N–H and O–H groups in total. The van der Waals surface area contributed by atoms with Crippen molar-refractivity contribution in [2.75, 3.05) is 17.7 Å². The van der Waals surface area contributed by atoms with Crippen molar-refractivity contribution in [2.45, 2.75) is 38.4 Å². The summed E-state index contributed by atoms with van der Waals surface area (Å²) in [5.41, 5.74) is 0.326. The van der Waals surface area contributed by atoms with Crippen LogP contribution < -0.4 is 15.4 Å². The van der Waals surface area contributed by atoms with Crippen LogP contribution >= 0.6 is 0 Å². The summed E-state index contributed by atoms with van der Waals surface area (Å²) < 4.78 is 62.6. The molecule has 1 atom stereocenters. The summed E-state index contributed by atoms with van der Waals surface area (Å²) >= 11 is 0. The monoisotopic (exact) mass is 633 g/mol. The first kappa shape index (κ1) is 30.1. The number of amides is 2. The largest absolute Gasteiger partial charge is 0.477 e. The number of benzene rings is 3. The molecule has 1 unspecified atom stereocenters. The highest BCUT2D eigenvalue weighted by Gasteiger charge is 2.37. The van der Waals surface area contributed by atoms with Gasteiger partial charge in [-0.1, -0.05) is 63.2 Å². The summed E-state index contributed by atoms with van der Waals surface area (Å²) in [6, 6.07) is 16.5. The Morgan fingerprint density at radius 1 is 1.07 bits per heavy atom. The maximum atomic E-state index is 15.6. The highest BCUT2D eigenvalue weighted by molar-refractivity contribution is 7.91. The number of halogens is 2. The summed E-state index contributed by atoms with van der Waals surface area (Å²) in [5, 5.41) is 9.63. The highest BCUT2D eigenvalue weighted by Crippen LogP contribution is 2.38. The first-order chi connectivity index (χ1) is 21.4. The van der Waals surface area contributed by atoms with E-state index in [1.54, 1.807) is 36.4 Å². The third kappa shape index (κ3) is 5.59. The van der Waals surface area contributed by atoms with Crippen molar-refractivity contribution in [2.24, 2.45) is 10.4 Å². The first-order valence-electron chi connectivity index (χ1n) is 14.2. The van der Waals surface area contributed by atoms with Crippen LogP contribution in [0.1, 0.15) is 42.3 Å². The Bertz CT molecular complexity index is 1990. The summed E-state index contributed by atoms with van der Waals surface area (Å²) in [5.74, 6) is -3.39. The molecule has 10 nitrogen and oxygen atoms in total. The molecule has 4 aromatic rings. The summed E-state index contributed by atoms with van der Waals surface area (Å²) in [6.45, 7) is 5.89. The van der Waals surface area contributed by atoms with E-state index in [2.05, 4.69) is 20.7 Å². The average Bonchev–Trinajstić information content (AvgIpc) is 3.30. The number of fused-ring (bicyclic) bond motifs is 2. The minimum atomic E-state index is -3.70. The van der Waals surface area contributed by atoms with Crippen molar-refractivity contribution in [3.05, 3.63) is 95.1 Å². The Kier molecular flexibility index (Phi) is 7.51. The van der Waals surface area contributed by atoms with Crippen LogP contribution in [0.25, 0.3) is 11.3 Å². The van der Waals surface area contributed by atoms with E-state index in [1.807, 2.05) is 13.8 Å². The lowest BCUT2D eigenvalue weighted by Gasteiger charge is -2.30. The fourth-order valence-corrected chi connectivity index (χ4v) is 6.17. The van der Waals surface area contributed by atoms with Gasteiger partial charge in [0, 0.05) is 22.1 Å². The molecule has 0 spiro atoms. The molecule has 2 aliphatic rings. The molecular weight excluding hydrogens is 604 g/mol. The normalized spacial score (nSPS) is 17.2. The number of aliphatic imine (C=N–C) groups is 1. The predicted octanol–water partition coefficient (Wildman–Crippen LogP) is 4.59. The fraction of sp³-hybridized carbons (Fsp3) is 0.250. The third-order valence-electron chi connectivity index (χ3n) is 7.58. The fourth-order valence-electron chi connectivity index (χ4n) is 5.27. The lowest BCUT2D eigenvalue weighted by Crippen LogP contribution is -2.43. The van der Waals surface area contributed by atoms with Crippen LogP contribution in [0.5, 0.6) is 5.88 Å². The van der Waals surface area contributed by atoms with Gasteiger partial charge in [0.15, 0.2) is 9.84 Å². The number of rotatable bonds is 6. The smallest absolute Gasteiger partial charge is 0.269 e. The molecule has 0 bridgehead atoms. The highest BCUT2D eigenvalue weighted by atomic mass is 32.2. The number of nitrogens with one attached hydrogen (secondary N) is 2. The molecule has 1 aromatic heterocycles. The lowest BCUT2D eigenvalue weighted by molar-refractivity contribution is -0.117. The van der Waals surface area contributed by atoms with E-state index in [0.29, 0.717) is 17.7 Å². The van der Waals surface area contributed by atoms with Crippen LogP contribution in [-0.2, 0) is 21.2 Å². The zero-order valence-corrected chi connectivity index (χ0v) is 25.4. The number of anilines is 1. The van der Waals surface area contributed by atoms with Crippen molar-refractivity contribution < 1.29 is 31.5 Å². The number of carbonyl (C=O) groups excluding carboxylic acids is 2. The zero-order chi connectivity index (χ0) is 32.1. The van der Waals surface area contributed by atoms with Crippen molar-refractivity contribution in [3.63, 3.8) is 0 Å². The number of ether oxygens (including phenoxy) is 1. The van der Waals surface area contributed by atoms with Gasteiger partial charge in [-0.2, -0.15) is 5.10 Å². The molecular formula is C32H29F2N5O5S. The van der Waals surface area contributed by atoms with E-state index in [9.17, 15) is 22.4 Å². The van der Waals surface area contributed by atoms with Crippen LogP contribution in [0.2, 0.25) is 0 Å². The average molecular weight is 634 g/mol. The maximum absolute atomic E-state index is 15.6. The van der Waals surface area contributed by atoms with Crippen molar-refractivity contribution >= 4 is 33.1 Å².